The molecule has 0 aromatic carbocycles. The molecular formula is C14H17ClN6O. The smallest absolute Gasteiger partial charge is 0.254 e. The Kier molecular flexibility index (Phi) is 4.77. The van der Waals surface area contributed by atoms with Crippen LogP contribution < -0.4 is 0 Å². The summed E-state index contributed by atoms with van der Waals surface area (Å²) in [5.41, 5.74) is 1.65. The highest BCUT2D eigenvalue weighted by molar-refractivity contribution is 5.95. The molecule has 0 radical (unpaired) electrons. The third-order valence-corrected chi connectivity index (χ3v) is 3.33. The van der Waals surface area contributed by atoms with E-state index in [1.165, 1.54) is 4.80 Å². The van der Waals surface area contributed by atoms with Gasteiger partial charge in [-0.25, -0.2) is 0 Å². The van der Waals surface area contributed by atoms with Gasteiger partial charge in [0.15, 0.2) is 5.82 Å². The van der Waals surface area contributed by atoms with Gasteiger partial charge in [-0.15, -0.1) is 22.6 Å². The molecule has 0 fully saturated rings. The number of pyridine rings is 1. The molecule has 3 heterocycles. The average molecular weight is 321 g/mol. The summed E-state index contributed by atoms with van der Waals surface area (Å²) in [4.78, 5) is 15.7. The van der Waals surface area contributed by atoms with Crippen LogP contribution in [-0.4, -0.2) is 42.0 Å². The molecule has 0 atom stereocenters. The van der Waals surface area contributed by atoms with E-state index in [1.54, 1.807) is 11.9 Å². The molecule has 3 aromatic rings. The third kappa shape index (κ3) is 3.09. The second kappa shape index (κ2) is 6.57. The number of fused-ring (bicyclic) bond motifs is 1. The van der Waals surface area contributed by atoms with Crippen LogP contribution in [0.5, 0.6) is 0 Å². The van der Waals surface area contributed by atoms with Crippen LogP contribution >= 0.6 is 12.4 Å². The number of tetrazole rings is 1. The van der Waals surface area contributed by atoms with Gasteiger partial charge in [-0.1, -0.05) is 0 Å². The Balaban J connectivity index is 0.00000176. The number of carbonyl (C=O) groups excluding carboxylic acids is 1. The fourth-order valence-corrected chi connectivity index (χ4v) is 2.23. The number of aryl methyl sites for hydroxylation is 1. The Morgan fingerprint density at radius 3 is 2.82 bits per heavy atom. The zero-order chi connectivity index (χ0) is 14.8. The predicted octanol–water partition coefficient (Wildman–Crippen LogP) is 1.55. The maximum atomic E-state index is 12.6. The van der Waals surface area contributed by atoms with Crippen LogP contribution in [0.4, 0.5) is 0 Å². The first-order valence-electron chi connectivity index (χ1n) is 6.76. The highest BCUT2D eigenvalue weighted by Gasteiger charge is 2.17. The first-order chi connectivity index (χ1) is 10.2. The van der Waals surface area contributed by atoms with E-state index in [0.717, 1.165) is 5.52 Å². The summed E-state index contributed by atoms with van der Waals surface area (Å²) in [5.74, 6) is 0.505. The highest BCUT2D eigenvalue weighted by atomic mass is 35.5. The number of carbonyl (C=O) groups is 1. The van der Waals surface area contributed by atoms with Crippen LogP contribution in [0.1, 0.15) is 23.1 Å². The van der Waals surface area contributed by atoms with Crippen LogP contribution in [0.25, 0.3) is 5.52 Å². The Hall–Kier alpha value is -2.41. The van der Waals surface area contributed by atoms with Crippen LogP contribution in [0.3, 0.4) is 0 Å². The van der Waals surface area contributed by atoms with Crippen molar-refractivity contribution in [3.63, 3.8) is 0 Å². The van der Waals surface area contributed by atoms with Gasteiger partial charge in [0.2, 0.25) is 0 Å². The number of rotatable bonds is 4. The zero-order valence-electron chi connectivity index (χ0n) is 12.4. The molecule has 0 unspecified atom stereocenters. The van der Waals surface area contributed by atoms with E-state index < -0.39 is 0 Å². The monoisotopic (exact) mass is 320 g/mol. The van der Waals surface area contributed by atoms with E-state index in [4.69, 9.17) is 0 Å². The lowest BCUT2D eigenvalue weighted by Crippen LogP contribution is -2.30. The Morgan fingerprint density at radius 2 is 2.14 bits per heavy atom. The van der Waals surface area contributed by atoms with E-state index in [-0.39, 0.29) is 18.3 Å². The van der Waals surface area contributed by atoms with E-state index in [1.807, 2.05) is 48.0 Å². The molecule has 1 amide bonds. The third-order valence-electron chi connectivity index (χ3n) is 3.33. The number of nitrogens with zero attached hydrogens (tertiary/aromatic N) is 6. The molecule has 0 N–H and O–H groups in total. The number of hydrogen-bond donors (Lipinski definition) is 0. The Morgan fingerprint density at radius 1 is 1.32 bits per heavy atom. The molecule has 0 saturated carbocycles. The summed E-state index contributed by atoms with van der Waals surface area (Å²) in [6, 6.07) is 7.62. The molecule has 22 heavy (non-hydrogen) atoms. The minimum absolute atomic E-state index is 0. The zero-order valence-corrected chi connectivity index (χ0v) is 13.2. The molecule has 116 valence electrons. The van der Waals surface area contributed by atoms with Gasteiger partial charge in [-0.3, -0.25) is 4.79 Å². The van der Waals surface area contributed by atoms with E-state index in [0.29, 0.717) is 24.5 Å². The molecule has 0 saturated heterocycles. The van der Waals surface area contributed by atoms with Gasteiger partial charge in [0.1, 0.15) is 0 Å². The largest absolute Gasteiger partial charge is 0.331 e. The normalized spacial score (nSPS) is 10.5. The molecule has 0 aliphatic rings. The minimum atomic E-state index is -0.0337. The lowest BCUT2D eigenvalue weighted by Gasteiger charge is -2.19. The maximum Gasteiger partial charge on any atom is 0.254 e. The number of halogens is 1. The van der Waals surface area contributed by atoms with Crippen LogP contribution in [0, 0.1) is 0 Å². The molecule has 3 aromatic heterocycles. The molecule has 7 nitrogen and oxygen atoms in total. The summed E-state index contributed by atoms with van der Waals surface area (Å²) in [6.07, 6.45) is 3.83. The van der Waals surface area contributed by atoms with Gasteiger partial charge < -0.3 is 9.30 Å². The fraction of sp³-hybridized carbons (Fsp3) is 0.286. The maximum absolute atomic E-state index is 12.6. The fourth-order valence-electron chi connectivity index (χ4n) is 2.23. The van der Waals surface area contributed by atoms with Gasteiger partial charge in [0.05, 0.1) is 13.6 Å². The van der Waals surface area contributed by atoms with Gasteiger partial charge in [0.25, 0.3) is 5.91 Å². The SMILES string of the molecule is CCN(Cc1nnn(C)n1)C(=O)c1ccn2cccc2c1.Cl. The second-order valence-corrected chi connectivity index (χ2v) is 4.77. The summed E-state index contributed by atoms with van der Waals surface area (Å²) in [6.45, 7) is 2.88. The molecule has 0 aliphatic heterocycles. The number of hydrogen-bond acceptors (Lipinski definition) is 4. The Bertz CT molecular complexity index is 780. The van der Waals surface area contributed by atoms with Gasteiger partial charge in [-0.05, 0) is 36.4 Å². The van der Waals surface area contributed by atoms with Crippen molar-refractivity contribution >= 4 is 23.8 Å². The molecular weight excluding hydrogens is 304 g/mol. The molecule has 0 aliphatic carbocycles. The van der Waals surface area contributed by atoms with Crippen LogP contribution in [-0.2, 0) is 13.6 Å². The quantitative estimate of drug-likeness (QED) is 0.731. The summed E-state index contributed by atoms with van der Waals surface area (Å²) in [5, 5.41) is 11.8. The number of aromatic nitrogens is 5. The van der Waals surface area contributed by atoms with Crippen molar-refractivity contribution in [2.24, 2.45) is 7.05 Å². The van der Waals surface area contributed by atoms with Gasteiger partial charge in [-0.2, -0.15) is 4.80 Å². The molecule has 3 rings (SSSR count). The van der Waals surface area contributed by atoms with Gasteiger partial charge in [0, 0.05) is 30.0 Å². The first kappa shape index (κ1) is 16.0. The summed E-state index contributed by atoms with van der Waals surface area (Å²) in [7, 11) is 1.70. The minimum Gasteiger partial charge on any atom is -0.331 e. The van der Waals surface area contributed by atoms with Gasteiger partial charge >= 0.3 is 0 Å². The predicted molar refractivity (Wildman–Crippen MR) is 83.9 cm³/mol. The van der Waals surface area contributed by atoms with Crippen molar-refractivity contribution in [1.82, 2.24) is 29.5 Å². The standard InChI is InChI=1S/C14H16N6O.ClH/c1-3-19(10-13-15-17-18(2)16-13)14(21)11-6-8-20-7-4-5-12(20)9-11;/h4-9H,3,10H2,1-2H3;1H. The second-order valence-electron chi connectivity index (χ2n) is 4.77. The van der Waals surface area contributed by atoms with Crippen LogP contribution in [0.2, 0.25) is 0 Å². The number of amides is 1. The highest BCUT2D eigenvalue weighted by Crippen LogP contribution is 2.12. The molecule has 0 spiro atoms. The van der Waals surface area contributed by atoms with E-state index in [2.05, 4.69) is 15.4 Å². The van der Waals surface area contributed by atoms with Crippen molar-refractivity contribution in [1.29, 1.82) is 0 Å². The van der Waals surface area contributed by atoms with Crippen molar-refractivity contribution in [2.75, 3.05) is 6.54 Å². The van der Waals surface area contributed by atoms with E-state index >= 15 is 0 Å². The average Bonchev–Trinajstić information content (AvgIpc) is 3.11. The van der Waals surface area contributed by atoms with Crippen molar-refractivity contribution < 1.29 is 4.79 Å². The lowest BCUT2D eigenvalue weighted by atomic mass is 10.2. The topological polar surface area (TPSA) is 68.3 Å². The summed E-state index contributed by atoms with van der Waals surface area (Å²) < 4.78 is 1.97. The van der Waals surface area contributed by atoms with Crippen LogP contribution in [0.15, 0.2) is 36.7 Å². The lowest BCUT2D eigenvalue weighted by molar-refractivity contribution is 0.0748. The van der Waals surface area contributed by atoms with Crippen molar-refractivity contribution in [3.8, 4) is 0 Å². The van der Waals surface area contributed by atoms with Crippen molar-refractivity contribution in [3.05, 3.63) is 48.0 Å². The molecule has 8 heteroatoms. The summed E-state index contributed by atoms with van der Waals surface area (Å²) >= 11 is 0. The first-order valence-corrected chi connectivity index (χ1v) is 6.76. The van der Waals surface area contributed by atoms with Crippen molar-refractivity contribution in [2.45, 2.75) is 13.5 Å². The molecule has 0 bridgehead atoms. The Labute approximate surface area is 133 Å². The van der Waals surface area contributed by atoms with E-state index in [9.17, 15) is 4.79 Å².